The number of nitrogens with one attached hydrogen (secondary N) is 1. The molecule has 1 fully saturated rings. The van der Waals surface area contributed by atoms with E-state index in [4.69, 9.17) is 5.73 Å². The van der Waals surface area contributed by atoms with Crippen molar-refractivity contribution in [2.24, 2.45) is 11.7 Å². The summed E-state index contributed by atoms with van der Waals surface area (Å²) in [7, 11) is 0. The molecule has 3 amide bonds. The van der Waals surface area contributed by atoms with E-state index in [1.54, 1.807) is 24.3 Å². The Hall–Kier alpha value is -1.92. The van der Waals surface area contributed by atoms with Gasteiger partial charge in [-0.1, -0.05) is 31.4 Å². The highest BCUT2D eigenvalue weighted by Gasteiger charge is 2.36. The average molecular weight is 366 g/mol. The molecule has 0 radical (unpaired) electrons. The monoisotopic (exact) mass is 365 g/mol. The predicted octanol–water partition coefficient (Wildman–Crippen LogP) is 1.73. The van der Waals surface area contributed by atoms with Gasteiger partial charge in [0, 0.05) is 12.6 Å². The first kappa shape index (κ1) is 19.4. The Morgan fingerprint density at radius 3 is 2.20 bits per heavy atom. The lowest BCUT2D eigenvalue weighted by atomic mass is 9.84. The molecule has 1 saturated carbocycles. The van der Waals surface area contributed by atoms with Crippen molar-refractivity contribution in [1.82, 2.24) is 10.2 Å². The van der Waals surface area contributed by atoms with Crippen LogP contribution in [0.1, 0.15) is 52.8 Å². The summed E-state index contributed by atoms with van der Waals surface area (Å²) in [5, 5.41) is 2.92. The van der Waals surface area contributed by atoms with Crippen LogP contribution >= 0.6 is 12.4 Å². The van der Waals surface area contributed by atoms with Gasteiger partial charge in [0.15, 0.2) is 0 Å². The maximum absolute atomic E-state index is 12.3. The molecule has 6 nitrogen and oxygen atoms in total. The maximum atomic E-state index is 12.3. The molecule has 1 aliphatic carbocycles. The van der Waals surface area contributed by atoms with E-state index in [9.17, 15) is 14.4 Å². The molecule has 1 unspecified atom stereocenters. The number of hydrogen-bond acceptors (Lipinski definition) is 4. The van der Waals surface area contributed by atoms with Crippen LogP contribution < -0.4 is 11.1 Å². The van der Waals surface area contributed by atoms with Crippen molar-refractivity contribution < 1.29 is 14.4 Å². The summed E-state index contributed by atoms with van der Waals surface area (Å²) in [4.78, 5) is 37.9. The molecule has 0 aromatic heterocycles. The van der Waals surface area contributed by atoms with Gasteiger partial charge in [-0.05, 0) is 30.9 Å². The number of fused-ring (bicyclic) bond motifs is 1. The first-order valence-electron chi connectivity index (χ1n) is 8.56. The predicted molar refractivity (Wildman–Crippen MR) is 96.6 cm³/mol. The standard InChI is InChI=1S/C18H23N3O3.ClH/c19-10-15(12-6-2-1-3-7-12)20-16(22)11-21-17(23)13-8-4-5-9-14(13)18(21)24;/h4-5,8-9,12,15H,1-3,6-7,10-11,19H2,(H,20,22);1H. The van der Waals surface area contributed by atoms with Crippen molar-refractivity contribution in [3.05, 3.63) is 35.4 Å². The smallest absolute Gasteiger partial charge is 0.262 e. The van der Waals surface area contributed by atoms with E-state index in [1.807, 2.05) is 0 Å². The van der Waals surface area contributed by atoms with Crippen LogP contribution in [-0.2, 0) is 4.79 Å². The molecule has 136 valence electrons. The van der Waals surface area contributed by atoms with Crippen LogP contribution in [0, 0.1) is 5.92 Å². The fourth-order valence-corrected chi connectivity index (χ4v) is 3.68. The van der Waals surface area contributed by atoms with Crippen molar-refractivity contribution in [2.75, 3.05) is 13.1 Å². The van der Waals surface area contributed by atoms with Gasteiger partial charge in [0.1, 0.15) is 6.54 Å². The van der Waals surface area contributed by atoms with E-state index < -0.39 is 11.8 Å². The molecule has 0 spiro atoms. The lowest BCUT2D eigenvalue weighted by Crippen LogP contribution is -2.49. The van der Waals surface area contributed by atoms with Crippen LogP contribution in [0.25, 0.3) is 0 Å². The van der Waals surface area contributed by atoms with E-state index in [-0.39, 0.29) is 30.9 Å². The molecule has 1 aromatic carbocycles. The molecule has 1 aromatic rings. The van der Waals surface area contributed by atoms with Crippen LogP contribution in [0.2, 0.25) is 0 Å². The maximum Gasteiger partial charge on any atom is 0.262 e. The molecule has 3 rings (SSSR count). The number of nitrogens with zero attached hydrogens (tertiary/aromatic N) is 1. The normalized spacial score (nSPS) is 18.5. The van der Waals surface area contributed by atoms with Crippen molar-refractivity contribution >= 4 is 30.1 Å². The quantitative estimate of drug-likeness (QED) is 0.777. The third-order valence-electron chi connectivity index (χ3n) is 5.00. The number of benzene rings is 1. The molecular weight excluding hydrogens is 342 g/mol. The van der Waals surface area contributed by atoms with Crippen LogP contribution in [-0.4, -0.2) is 41.8 Å². The van der Waals surface area contributed by atoms with Gasteiger partial charge in [-0.15, -0.1) is 12.4 Å². The van der Waals surface area contributed by atoms with Gasteiger partial charge in [-0.3, -0.25) is 19.3 Å². The van der Waals surface area contributed by atoms with Crippen molar-refractivity contribution in [1.29, 1.82) is 0 Å². The zero-order valence-corrected chi connectivity index (χ0v) is 14.9. The second-order valence-electron chi connectivity index (χ2n) is 6.55. The van der Waals surface area contributed by atoms with Crippen molar-refractivity contribution in [2.45, 2.75) is 38.1 Å². The number of amides is 3. The summed E-state index contributed by atoms with van der Waals surface area (Å²) in [5.74, 6) is -0.763. The third kappa shape index (κ3) is 4.02. The molecule has 1 atom stereocenters. The van der Waals surface area contributed by atoms with Crippen molar-refractivity contribution in [3.8, 4) is 0 Å². The number of carbonyl (C=O) groups excluding carboxylic acids is 3. The Morgan fingerprint density at radius 1 is 1.12 bits per heavy atom. The molecule has 2 aliphatic rings. The van der Waals surface area contributed by atoms with Gasteiger partial charge in [0.2, 0.25) is 5.91 Å². The Bertz CT molecular complexity index is 624. The zero-order valence-electron chi connectivity index (χ0n) is 14.1. The Labute approximate surface area is 153 Å². The van der Waals surface area contributed by atoms with E-state index in [1.165, 1.54) is 6.42 Å². The molecule has 0 bridgehead atoms. The van der Waals surface area contributed by atoms with Gasteiger partial charge in [-0.25, -0.2) is 0 Å². The summed E-state index contributed by atoms with van der Waals surface area (Å²) in [6.07, 6.45) is 5.69. The van der Waals surface area contributed by atoms with Crippen molar-refractivity contribution in [3.63, 3.8) is 0 Å². The fourth-order valence-electron chi connectivity index (χ4n) is 3.68. The van der Waals surface area contributed by atoms with Gasteiger partial charge in [0.05, 0.1) is 11.1 Å². The van der Waals surface area contributed by atoms with E-state index in [0.717, 1.165) is 30.6 Å². The summed E-state index contributed by atoms with van der Waals surface area (Å²) in [6.45, 7) is 0.119. The lowest BCUT2D eigenvalue weighted by Gasteiger charge is -2.30. The largest absolute Gasteiger partial charge is 0.350 e. The fraction of sp³-hybridized carbons (Fsp3) is 0.500. The second-order valence-corrected chi connectivity index (χ2v) is 6.55. The first-order chi connectivity index (χ1) is 11.6. The zero-order chi connectivity index (χ0) is 17.1. The molecule has 7 heteroatoms. The van der Waals surface area contributed by atoms with Gasteiger partial charge >= 0.3 is 0 Å². The van der Waals surface area contributed by atoms with E-state index >= 15 is 0 Å². The van der Waals surface area contributed by atoms with Gasteiger partial charge < -0.3 is 11.1 Å². The summed E-state index contributed by atoms with van der Waals surface area (Å²) >= 11 is 0. The Morgan fingerprint density at radius 2 is 1.68 bits per heavy atom. The molecule has 1 aliphatic heterocycles. The molecule has 1 heterocycles. The third-order valence-corrected chi connectivity index (χ3v) is 5.00. The summed E-state index contributed by atoms with van der Waals surface area (Å²) < 4.78 is 0. The number of hydrogen-bond donors (Lipinski definition) is 2. The van der Waals surface area contributed by atoms with E-state index in [0.29, 0.717) is 23.6 Å². The topological polar surface area (TPSA) is 92.5 Å². The summed E-state index contributed by atoms with van der Waals surface area (Å²) in [5.41, 5.74) is 6.54. The van der Waals surface area contributed by atoms with E-state index in [2.05, 4.69) is 5.32 Å². The highest BCUT2D eigenvalue weighted by molar-refractivity contribution is 6.22. The van der Waals surface area contributed by atoms with Gasteiger partial charge in [-0.2, -0.15) is 0 Å². The highest BCUT2D eigenvalue weighted by atomic mass is 35.5. The Balaban J connectivity index is 0.00000225. The number of imide groups is 1. The van der Waals surface area contributed by atoms with Crippen LogP contribution in [0.5, 0.6) is 0 Å². The molecular formula is C18H24ClN3O3. The molecule has 0 saturated heterocycles. The molecule has 25 heavy (non-hydrogen) atoms. The Kier molecular flexibility index (Phi) is 6.56. The summed E-state index contributed by atoms with van der Waals surface area (Å²) in [6, 6.07) is 6.55. The first-order valence-corrected chi connectivity index (χ1v) is 8.56. The molecule has 3 N–H and O–H groups in total. The number of carbonyl (C=O) groups is 3. The number of nitrogens with two attached hydrogens (primary N) is 1. The SMILES string of the molecule is Cl.NCC(NC(=O)CN1C(=O)c2ccccc2C1=O)C1CCCCC1. The second kappa shape index (κ2) is 8.45. The van der Waals surface area contributed by atoms with Crippen LogP contribution in [0.4, 0.5) is 0 Å². The highest BCUT2D eigenvalue weighted by Crippen LogP contribution is 2.26. The minimum Gasteiger partial charge on any atom is -0.350 e. The van der Waals surface area contributed by atoms with Crippen LogP contribution in [0.15, 0.2) is 24.3 Å². The lowest BCUT2D eigenvalue weighted by molar-refractivity contribution is -0.122. The number of halogens is 1. The number of rotatable bonds is 5. The van der Waals surface area contributed by atoms with Crippen LogP contribution in [0.3, 0.4) is 0 Å². The minimum atomic E-state index is -0.410. The average Bonchev–Trinajstić information content (AvgIpc) is 2.86. The minimum absolute atomic E-state index is 0. The van der Waals surface area contributed by atoms with Gasteiger partial charge in [0.25, 0.3) is 11.8 Å².